The minimum atomic E-state index is -2.47. The van der Waals surface area contributed by atoms with Gasteiger partial charge < -0.3 is 4.43 Å². The molecule has 0 saturated heterocycles. The molecule has 4 heteroatoms. The maximum Gasteiger partial charge on any atom is 0.261 e. The Morgan fingerprint density at radius 2 is 1.42 bits per heavy atom. The third kappa shape index (κ3) is 4.81. The molecule has 2 atom stereocenters. The van der Waals surface area contributed by atoms with Crippen LogP contribution in [0, 0.1) is 0 Å². The third-order valence-electron chi connectivity index (χ3n) is 4.83. The van der Waals surface area contributed by atoms with Gasteiger partial charge in [0.2, 0.25) is 0 Å². The van der Waals surface area contributed by atoms with Gasteiger partial charge in [0, 0.05) is 12.0 Å². The van der Waals surface area contributed by atoms with E-state index >= 15 is 0 Å². The van der Waals surface area contributed by atoms with Gasteiger partial charge in [0.15, 0.2) is 0 Å². The summed E-state index contributed by atoms with van der Waals surface area (Å²) in [6.07, 6.45) is 2.07. The molecule has 0 unspecified atom stereocenters. The van der Waals surface area contributed by atoms with Crippen molar-refractivity contribution in [1.29, 1.82) is 0 Å². The SMILES string of the molecule is CCC[C@@H](Cl)[C@H](Br)CO[Si](c1ccccc1)(c1ccccc1)C(C)(C)C. The summed E-state index contributed by atoms with van der Waals surface area (Å²) >= 11 is 10.3. The first-order valence-electron chi connectivity index (χ1n) is 9.36. The van der Waals surface area contributed by atoms with E-state index in [1.54, 1.807) is 0 Å². The molecular formula is C22H30BrClOSi. The predicted molar refractivity (Wildman–Crippen MR) is 121 cm³/mol. The first-order chi connectivity index (χ1) is 12.3. The zero-order chi connectivity index (χ0) is 19.2. The molecule has 0 amide bonds. The van der Waals surface area contributed by atoms with Gasteiger partial charge in [0.1, 0.15) is 0 Å². The largest absolute Gasteiger partial charge is 0.406 e. The monoisotopic (exact) mass is 452 g/mol. The molecule has 0 bridgehead atoms. The molecular weight excluding hydrogens is 424 g/mol. The van der Waals surface area contributed by atoms with Crippen LogP contribution >= 0.6 is 27.5 Å². The molecule has 1 nitrogen and oxygen atoms in total. The van der Waals surface area contributed by atoms with Gasteiger partial charge in [-0.1, -0.05) is 111 Å². The predicted octanol–water partition coefficient (Wildman–Crippen LogP) is 5.73. The van der Waals surface area contributed by atoms with Crippen LogP contribution in [0.1, 0.15) is 40.5 Å². The van der Waals surface area contributed by atoms with Crippen molar-refractivity contribution in [3.05, 3.63) is 60.7 Å². The molecule has 0 radical (unpaired) electrons. The molecule has 142 valence electrons. The molecule has 0 spiro atoms. The average Bonchev–Trinajstić information content (AvgIpc) is 2.63. The van der Waals surface area contributed by atoms with Crippen LogP contribution in [-0.4, -0.2) is 25.1 Å². The highest BCUT2D eigenvalue weighted by molar-refractivity contribution is 9.09. The van der Waals surface area contributed by atoms with E-state index in [0.717, 1.165) is 12.8 Å². The minimum absolute atomic E-state index is 0.00497. The van der Waals surface area contributed by atoms with Crippen LogP contribution in [-0.2, 0) is 4.43 Å². The van der Waals surface area contributed by atoms with E-state index in [0.29, 0.717) is 6.61 Å². The van der Waals surface area contributed by atoms with Crippen LogP contribution in [0.4, 0.5) is 0 Å². The molecule has 2 rings (SSSR count). The van der Waals surface area contributed by atoms with Crippen molar-refractivity contribution in [3.8, 4) is 0 Å². The number of alkyl halides is 2. The molecule has 0 fully saturated rings. The Bertz CT molecular complexity index is 617. The highest BCUT2D eigenvalue weighted by Gasteiger charge is 2.50. The number of hydrogen-bond acceptors (Lipinski definition) is 1. The zero-order valence-electron chi connectivity index (χ0n) is 16.2. The van der Waals surface area contributed by atoms with Crippen molar-refractivity contribution in [2.75, 3.05) is 6.61 Å². The van der Waals surface area contributed by atoms with Gasteiger partial charge >= 0.3 is 0 Å². The fraction of sp³-hybridized carbons (Fsp3) is 0.455. The molecule has 0 aliphatic rings. The van der Waals surface area contributed by atoms with E-state index < -0.39 is 8.32 Å². The van der Waals surface area contributed by atoms with Crippen molar-refractivity contribution < 1.29 is 4.43 Å². The second-order valence-electron chi connectivity index (χ2n) is 7.79. The molecule has 0 aromatic heterocycles. The Morgan fingerprint density at radius 3 is 1.81 bits per heavy atom. The van der Waals surface area contributed by atoms with Gasteiger partial charge in [0.05, 0.1) is 4.83 Å². The lowest BCUT2D eigenvalue weighted by Crippen LogP contribution is -2.67. The van der Waals surface area contributed by atoms with Gasteiger partial charge in [-0.2, -0.15) is 0 Å². The fourth-order valence-electron chi connectivity index (χ4n) is 3.53. The van der Waals surface area contributed by atoms with E-state index in [1.165, 1.54) is 10.4 Å². The first-order valence-corrected chi connectivity index (χ1v) is 12.6. The highest BCUT2D eigenvalue weighted by Crippen LogP contribution is 2.37. The minimum Gasteiger partial charge on any atom is -0.406 e. The molecule has 2 aromatic carbocycles. The van der Waals surface area contributed by atoms with E-state index in [2.05, 4.69) is 104 Å². The van der Waals surface area contributed by atoms with Crippen LogP contribution in [0.5, 0.6) is 0 Å². The Labute approximate surface area is 173 Å². The van der Waals surface area contributed by atoms with Crippen molar-refractivity contribution in [3.63, 3.8) is 0 Å². The molecule has 0 N–H and O–H groups in total. The quantitative estimate of drug-likeness (QED) is 0.366. The molecule has 26 heavy (non-hydrogen) atoms. The van der Waals surface area contributed by atoms with Gasteiger partial charge in [-0.3, -0.25) is 0 Å². The molecule has 0 aliphatic heterocycles. The topological polar surface area (TPSA) is 9.23 Å². The summed E-state index contributed by atoms with van der Waals surface area (Å²) in [6, 6.07) is 21.5. The lowest BCUT2D eigenvalue weighted by molar-refractivity contribution is 0.295. The molecule has 0 aliphatic carbocycles. The Balaban J connectivity index is 2.47. The summed E-state index contributed by atoms with van der Waals surface area (Å²) < 4.78 is 6.90. The average molecular weight is 454 g/mol. The van der Waals surface area contributed by atoms with E-state index in [1.807, 2.05) is 0 Å². The van der Waals surface area contributed by atoms with E-state index in [-0.39, 0.29) is 15.2 Å². The second-order valence-corrected chi connectivity index (χ2v) is 13.8. The van der Waals surface area contributed by atoms with E-state index in [9.17, 15) is 0 Å². The second kappa shape index (κ2) is 9.54. The summed E-state index contributed by atoms with van der Waals surface area (Å²) in [7, 11) is -2.47. The van der Waals surface area contributed by atoms with Gasteiger partial charge in [-0.15, -0.1) is 11.6 Å². The summed E-state index contributed by atoms with van der Waals surface area (Å²) in [6.45, 7) is 9.67. The standard InChI is InChI=1S/C22H30BrClOSi/c1-5-12-21(24)20(23)17-25-26(22(2,3)4,18-13-8-6-9-14-18)19-15-10-7-11-16-19/h6-11,13-16,20-21H,5,12,17H2,1-4H3/t20-,21-/m1/s1. The highest BCUT2D eigenvalue weighted by atomic mass is 79.9. The normalized spacial score (nSPS) is 14.8. The van der Waals surface area contributed by atoms with Crippen molar-refractivity contribution in [2.24, 2.45) is 0 Å². The number of hydrogen-bond donors (Lipinski definition) is 0. The third-order valence-corrected chi connectivity index (χ3v) is 11.6. The van der Waals surface area contributed by atoms with Crippen LogP contribution in [0.15, 0.2) is 60.7 Å². The lowest BCUT2D eigenvalue weighted by Gasteiger charge is -2.43. The maximum absolute atomic E-state index is 6.90. The number of rotatable bonds is 8. The molecule has 0 saturated carbocycles. The summed E-state index contributed by atoms with van der Waals surface area (Å²) in [5.74, 6) is 0. The summed E-state index contributed by atoms with van der Waals surface area (Å²) in [5.41, 5.74) is 0. The van der Waals surface area contributed by atoms with Crippen molar-refractivity contribution in [1.82, 2.24) is 0 Å². The van der Waals surface area contributed by atoms with Crippen molar-refractivity contribution >= 4 is 46.2 Å². The smallest absolute Gasteiger partial charge is 0.261 e. The Kier molecular flexibility index (Phi) is 7.96. The van der Waals surface area contributed by atoms with Crippen molar-refractivity contribution in [2.45, 2.75) is 55.8 Å². The number of halogens is 2. The number of benzene rings is 2. The lowest BCUT2D eigenvalue weighted by atomic mass is 10.2. The van der Waals surface area contributed by atoms with Gasteiger partial charge in [0.25, 0.3) is 8.32 Å². The van der Waals surface area contributed by atoms with Gasteiger partial charge in [-0.05, 0) is 21.8 Å². The zero-order valence-corrected chi connectivity index (χ0v) is 19.6. The Morgan fingerprint density at radius 1 is 0.962 bits per heavy atom. The molecule has 0 heterocycles. The summed E-state index contributed by atoms with van der Waals surface area (Å²) in [4.78, 5) is 0.144. The van der Waals surface area contributed by atoms with Gasteiger partial charge in [-0.25, -0.2) is 0 Å². The van der Waals surface area contributed by atoms with Crippen LogP contribution < -0.4 is 10.4 Å². The van der Waals surface area contributed by atoms with Crippen LogP contribution in [0.3, 0.4) is 0 Å². The Hall–Kier alpha value is -0.613. The van der Waals surface area contributed by atoms with Crippen LogP contribution in [0.25, 0.3) is 0 Å². The van der Waals surface area contributed by atoms with Crippen LogP contribution in [0.2, 0.25) is 5.04 Å². The summed E-state index contributed by atoms with van der Waals surface area (Å²) in [5, 5.41) is 2.69. The van der Waals surface area contributed by atoms with E-state index in [4.69, 9.17) is 16.0 Å². The maximum atomic E-state index is 6.90. The first kappa shape index (κ1) is 21.7. The molecule has 2 aromatic rings. The fourth-order valence-corrected chi connectivity index (χ4v) is 9.04.